The average Bonchev–Trinajstić information content (AvgIpc) is 2.48. The van der Waals surface area contributed by atoms with Gasteiger partial charge in [-0.05, 0) is 36.3 Å². The topological polar surface area (TPSA) is 38.5 Å². The van der Waals surface area contributed by atoms with Crippen molar-refractivity contribution in [2.45, 2.75) is 31.3 Å². The van der Waals surface area contributed by atoms with Crippen LogP contribution in [0.3, 0.4) is 0 Å². The van der Waals surface area contributed by atoms with Crippen molar-refractivity contribution in [1.29, 1.82) is 0 Å². The number of ether oxygens (including phenoxy) is 1. The number of thiocarbonyl (C=S) groups is 1. The minimum absolute atomic E-state index is 0.0717. The molecular weight excluding hydrogens is 268 g/mol. The van der Waals surface area contributed by atoms with E-state index in [0.29, 0.717) is 10.9 Å². The molecule has 108 valence electrons. The van der Waals surface area contributed by atoms with E-state index in [2.05, 4.69) is 29.2 Å². The van der Waals surface area contributed by atoms with Crippen LogP contribution >= 0.6 is 12.2 Å². The van der Waals surface area contributed by atoms with Gasteiger partial charge in [-0.3, -0.25) is 4.90 Å². The highest BCUT2D eigenvalue weighted by molar-refractivity contribution is 7.80. The van der Waals surface area contributed by atoms with Gasteiger partial charge in [-0.25, -0.2) is 0 Å². The summed E-state index contributed by atoms with van der Waals surface area (Å²) in [7, 11) is 0. The number of rotatable bonds is 3. The summed E-state index contributed by atoms with van der Waals surface area (Å²) in [6.07, 6.45) is 3.74. The quantitative estimate of drug-likeness (QED) is 0.865. The van der Waals surface area contributed by atoms with E-state index in [1.54, 1.807) is 0 Å². The van der Waals surface area contributed by atoms with Crippen molar-refractivity contribution in [2.24, 2.45) is 5.73 Å². The summed E-state index contributed by atoms with van der Waals surface area (Å²) in [5, 5.41) is 0. The normalized spacial score (nSPS) is 27.0. The van der Waals surface area contributed by atoms with E-state index in [0.717, 1.165) is 26.2 Å². The van der Waals surface area contributed by atoms with Crippen LogP contribution in [0, 0.1) is 0 Å². The lowest BCUT2D eigenvalue weighted by Crippen LogP contribution is -2.48. The van der Waals surface area contributed by atoms with Crippen LogP contribution in [0.1, 0.15) is 29.9 Å². The summed E-state index contributed by atoms with van der Waals surface area (Å²) in [5.74, 6) is 0.644. The second kappa shape index (κ2) is 6.20. The molecule has 1 fully saturated rings. The fourth-order valence-electron chi connectivity index (χ4n) is 3.40. The highest BCUT2D eigenvalue weighted by atomic mass is 32.1. The van der Waals surface area contributed by atoms with E-state index in [1.807, 2.05) is 0 Å². The summed E-state index contributed by atoms with van der Waals surface area (Å²) in [5.41, 5.74) is 8.79. The fourth-order valence-corrected chi connectivity index (χ4v) is 3.54. The Labute approximate surface area is 126 Å². The Bertz CT molecular complexity index is 491. The number of fused-ring (bicyclic) bond motifs is 1. The second-order valence-electron chi connectivity index (χ2n) is 5.81. The van der Waals surface area contributed by atoms with Crippen LogP contribution in [0.15, 0.2) is 24.3 Å². The molecule has 1 aromatic carbocycles. The third-order valence-corrected chi connectivity index (χ3v) is 4.70. The third kappa shape index (κ3) is 3.03. The molecule has 1 saturated heterocycles. The molecule has 0 bridgehead atoms. The maximum atomic E-state index is 5.72. The van der Waals surface area contributed by atoms with E-state index in [9.17, 15) is 0 Å². The highest BCUT2D eigenvalue weighted by Crippen LogP contribution is 2.32. The number of nitrogens with zero attached hydrogens (tertiary/aromatic N) is 1. The van der Waals surface area contributed by atoms with Gasteiger partial charge >= 0.3 is 0 Å². The molecule has 2 unspecified atom stereocenters. The molecule has 0 radical (unpaired) electrons. The summed E-state index contributed by atoms with van der Waals surface area (Å²) in [6.45, 7) is 3.65. The summed E-state index contributed by atoms with van der Waals surface area (Å²) in [6, 6.07) is 8.89. The molecule has 3 nitrogen and oxygen atoms in total. The lowest BCUT2D eigenvalue weighted by molar-refractivity contribution is 0.00435. The number of hydrogen-bond acceptors (Lipinski definition) is 3. The number of benzene rings is 1. The fraction of sp³-hybridized carbons (Fsp3) is 0.562. The van der Waals surface area contributed by atoms with Crippen molar-refractivity contribution in [2.75, 3.05) is 26.2 Å². The first-order valence-corrected chi connectivity index (χ1v) is 7.86. The first-order chi connectivity index (χ1) is 9.74. The van der Waals surface area contributed by atoms with Gasteiger partial charge in [0.15, 0.2) is 0 Å². The Morgan fingerprint density at radius 1 is 1.40 bits per heavy atom. The molecule has 0 spiro atoms. The van der Waals surface area contributed by atoms with Gasteiger partial charge in [0, 0.05) is 19.6 Å². The highest BCUT2D eigenvalue weighted by Gasteiger charge is 2.27. The average molecular weight is 290 g/mol. The van der Waals surface area contributed by atoms with Crippen molar-refractivity contribution in [3.05, 3.63) is 35.4 Å². The Morgan fingerprint density at radius 3 is 3.10 bits per heavy atom. The van der Waals surface area contributed by atoms with Crippen molar-refractivity contribution in [3.8, 4) is 0 Å². The molecular formula is C16H22N2OS. The molecule has 2 atom stereocenters. The van der Waals surface area contributed by atoms with Crippen LogP contribution in [-0.2, 0) is 11.2 Å². The summed E-state index contributed by atoms with van der Waals surface area (Å²) < 4.78 is 5.62. The van der Waals surface area contributed by atoms with Gasteiger partial charge in [-0.2, -0.15) is 0 Å². The third-order valence-electron chi connectivity index (χ3n) is 4.44. The number of nitrogens with two attached hydrogens (primary N) is 1. The van der Waals surface area contributed by atoms with Crippen molar-refractivity contribution in [3.63, 3.8) is 0 Å². The van der Waals surface area contributed by atoms with Crippen LogP contribution in [-0.4, -0.2) is 42.2 Å². The largest absolute Gasteiger partial charge is 0.391 e. The lowest BCUT2D eigenvalue weighted by atomic mass is 9.82. The molecule has 0 saturated carbocycles. The van der Waals surface area contributed by atoms with Crippen molar-refractivity contribution < 1.29 is 4.74 Å². The van der Waals surface area contributed by atoms with Crippen molar-refractivity contribution >= 4 is 17.2 Å². The van der Waals surface area contributed by atoms with Gasteiger partial charge in [0.25, 0.3) is 0 Å². The Hall–Kier alpha value is -0.970. The molecule has 3 rings (SSSR count). The molecule has 2 N–H and O–H groups in total. The zero-order chi connectivity index (χ0) is 13.9. The molecule has 1 aliphatic carbocycles. The summed E-state index contributed by atoms with van der Waals surface area (Å²) in [4.78, 5) is 2.94. The smallest absolute Gasteiger partial charge is 0.120 e. The van der Waals surface area contributed by atoms with E-state index in [1.165, 1.54) is 30.4 Å². The number of hydrogen-bond donors (Lipinski definition) is 1. The second-order valence-corrected chi connectivity index (χ2v) is 6.28. The first-order valence-electron chi connectivity index (χ1n) is 7.45. The SMILES string of the molecule is NC(=S)C1CN(CC2CCCc3ccccc32)CCO1. The van der Waals surface area contributed by atoms with Gasteiger partial charge < -0.3 is 10.5 Å². The number of morpholine rings is 1. The molecule has 1 heterocycles. The first kappa shape index (κ1) is 14.0. The van der Waals surface area contributed by atoms with Crippen LogP contribution < -0.4 is 5.73 Å². The summed E-state index contributed by atoms with van der Waals surface area (Å²) >= 11 is 5.06. The maximum Gasteiger partial charge on any atom is 0.120 e. The van der Waals surface area contributed by atoms with Gasteiger partial charge in [-0.15, -0.1) is 0 Å². The molecule has 4 heteroatoms. The zero-order valence-electron chi connectivity index (χ0n) is 11.8. The van der Waals surface area contributed by atoms with Crippen LogP contribution in [0.5, 0.6) is 0 Å². The van der Waals surface area contributed by atoms with Gasteiger partial charge in [0.05, 0.1) is 6.61 Å². The molecule has 2 aliphatic rings. The molecule has 1 aromatic rings. The van der Waals surface area contributed by atoms with E-state index < -0.39 is 0 Å². The monoisotopic (exact) mass is 290 g/mol. The Balaban J connectivity index is 1.68. The molecule has 0 amide bonds. The minimum Gasteiger partial charge on any atom is -0.391 e. The van der Waals surface area contributed by atoms with Crippen LogP contribution in [0.25, 0.3) is 0 Å². The molecule has 20 heavy (non-hydrogen) atoms. The van der Waals surface area contributed by atoms with Crippen LogP contribution in [0.2, 0.25) is 0 Å². The molecule has 1 aliphatic heterocycles. The van der Waals surface area contributed by atoms with Gasteiger partial charge in [0.1, 0.15) is 11.1 Å². The standard InChI is InChI=1S/C16H22N2OS/c17-16(20)15-11-18(8-9-19-15)10-13-6-3-5-12-4-1-2-7-14(12)13/h1-2,4,7,13,15H,3,5-6,8-11H2,(H2,17,20). The van der Waals surface area contributed by atoms with Gasteiger partial charge in [0.2, 0.25) is 0 Å². The van der Waals surface area contributed by atoms with E-state index in [-0.39, 0.29) is 6.10 Å². The molecule has 0 aromatic heterocycles. The van der Waals surface area contributed by atoms with Gasteiger partial charge in [-0.1, -0.05) is 36.5 Å². The van der Waals surface area contributed by atoms with Crippen molar-refractivity contribution in [1.82, 2.24) is 4.90 Å². The Morgan fingerprint density at radius 2 is 2.25 bits per heavy atom. The van der Waals surface area contributed by atoms with E-state index >= 15 is 0 Å². The predicted octanol–water partition coefficient (Wildman–Crippen LogP) is 2.09. The Kier molecular flexibility index (Phi) is 4.34. The lowest BCUT2D eigenvalue weighted by Gasteiger charge is -2.36. The maximum absolute atomic E-state index is 5.72. The number of aryl methyl sites for hydroxylation is 1. The van der Waals surface area contributed by atoms with Crippen LogP contribution in [0.4, 0.5) is 0 Å². The minimum atomic E-state index is -0.0717. The predicted molar refractivity (Wildman–Crippen MR) is 85.1 cm³/mol. The van der Waals surface area contributed by atoms with E-state index in [4.69, 9.17) is 22.7 Å². The zero-order valence-corrected chi connectivity index (χ0v) is 12.6.